The van der Waals surface area contributed by atoms with Crippen molar-refractivity contribution in [3.05, 3.63) is 136 Å². The molecule has 0 spiro atoms. The van der Waals surface area contributed by atoms with E-state index in [1.807, 2.05) is 6.07 Å². The number of aryl methyl sites for hydroxylation is 4. The normalized spacial score (nSPS) is 20.8. The van der Waals surface area contributed by atoms with Crippen LogP contribution < -0.4 is 0 Å². The number of benzene rings is 3. The zero-order chi connectivity index (χ0) is 54.0. The molecule has 0 amide bonds. The minimum Gasteiger partial charge on any atom is -0.486 e. The summed E-state index contributed by atoms with van der Waals surface area (Å²) in [6, 6.07) is 21.5. The third kappa shape index (κ3) is 7.45. The van der Waals surface area contributed by atoms with E-state index >= 15 is 17.6 Å². The van der Waals surface area contributed by atoms with Crippen LogP contribution in [0.25, 0.3) is 55.7 Å². The number of hydrogen-bond acceptors (Lipinski definition) is 4. The van der Waals surface area contributed by atoms with Gasteiger partial charge >= 0.3 is 23.7 Å². The maximum atomic E-state index is 15.3. The second-order valence-corrected chi connectivity index (χ2v) is 14.4. The summed E-state index contributed by atoms with van der Waals surface area (Å²) in [4.78, 5) is 11.8. The van der Waals surface area contributed by atoms with E-state index in [1.54, 1.807) is 57.2 Å². The summed E-state index contributed by atoms with van der Waals surface area (Å²) in [5.41, 5.74) is -7.87. The summed E-state index contributed by atoms with van der Waals surface area (Å²) in [5.74, 6) is -24.9. The molecule has 1 radical (unpaired) electrons. The van der Waals surface area contributed by atoms with E-state index in [1.165, 1.54) is 18.2 Å². The van der Waals surface area contributed by atoms with Crippen LogP contribution in [0.5, 0.6) is 0 Å². The van der Waals surface area contributed by atoms with E-state index in [0.29, 0.717) is 16.7 Å². The molecule has 4 nitrogen and oxygen atoms in total. The Morgan fingerprint density at radius 1 is 0.780 bits per heavy atom. The molecule has 0 saturated heterocycles. The fourth-order valence-electron chi connectivity index (χ4n) is 6.39. The van der Waals surface area contributed by atoms with E-state index in [2.05, 4.69) is 21.0 Å². The number of furan rings is 1. The SMILES string of the molecule is [2H]C([2H])([2H])c1c[c-]c(-c2cc(C([2H])([2H])[2H])c(C([2H])([2H])[2H])cn2)cc1-c1ccccc1.[2H]C([2H])([2H])c1ccc2c(n1)oc1c(-c3cc(C([2H])([2H])C(C)(C)C)ccn3)[c-]c3c(c12)C(F)(F)C(F)(F)C(F)(F)C3(F)F.[Ir]. The topological polar surface area (TPSA) is 51.8 Å². The number of halogens is 8. The van der Waals surface area contributed by atoms with Gasteiger partial charge in [0.1, 0.15) is 0 Å². The summed E-state index contributed by atoms with van der Waals surface area (Å²) >= 11 is 0. The molecule has 0 N–H and O–H groups in total. The molecule has 0 bridgehead atoms. The van der Waals surface area contributed by atoms with Crippen LogP contribution >= 0.6 is 0 Å². The molecule has 4 aromatic heterocycles. The van der Waals surface area contributed by atoms with Crippen LogP contribution in [-0.2, 0) is 38.3 Å². The average Bonchev–Trinajstić information content (AvgIpc) is 3.65. The molecule has 309 valence electrons. The molecule has 8 rings (SSSR count). The summed E-state index contributed by atoms with van der Waals surface area (Å²) in [6.45, 7) is -5.86. The van der Waals surface area contributed by atoms with E-state index in [9.17, 15) is 17.6 Å². The molecule has 3 aromatic carbocycles. The van der Waals surface area contributed by atoms with Gasteiger partial charge in [0.15, 0.2) is 0 Å². The second-order valence-electron chi connectivity index (χ2n) is 14.4. The van der Waals surface area contributed by atoms with E-state index < -0.39 is 113 Å². The van der Waals surface area contributed by atoms with Crippen LogP contribution in [0.15, 0.2) is 89.6 Å². The molecule has 0 aliphatic heterocycles. The molecule has 59 heavy (non-hydrogen) atoms. The van der Waals surface area contributed by atoms with Gasteiger partial charge in [-0.3, -0.25) is 0 Å². The van der Waals surface area contributed by atoms with Crippen molar-refractivity contribution in [1.82, 2.24) is 15.0 Å². The quantitative estimate of drug-likeness (QED) is 0.130. The van der Waals surface area contributed by atoms with Crippen molar-refractivity contribution in [2.75, 3.05) is 0 Å². The Kier molecular flexibility index (Phi) is 7.35. The van der Waals surface area contributed by atoms with Crippen molar-refractivity contribution >= 4 is 22.1 Å². The molecule has 4 heterocycles. The minimum atomic E-state index is -6.57. The molecule has 0 saturated carbocycles. The summed E-state index contributed by atoms with van der Waals surface area (Å²) in [5, 5.41) is -1.79. The summed E-state index contributed by atoms with van der Waals surface area (Å²) in [7, 11) is 0. The maximum Gasteiger partial charge on any atom is 0.380 e. The molecule has 13 heteroatoms. The van der Waals surface area contributed by atoms with Gasteiger partial charge in [-0.15, -0.1) is 35.4 Å². The first kappa shape index (κ1) is 28.5. The van der Waals surface area contributed by atoms with Gasteiger partial charge in [-0.2, -0.15) is 26.3 Å². The smallest absolute Gasteiger partial charge is 0.380 e. The standard InChI is InChI=1S/C26H19F8N2O.C20H18N.Ir/c1-12-5-6-14-18-19-16(23(27,28)25(31,32)26(33,34)24(19,29)30)10-15(20(18)37-21(14)36-12)17-9-13(7-8-35-17)11-22(2,3)4;1-14-9-10-18(20-11-15(2)16(3)13-21-20)12-19(14)17-7-5-4-6-8-17;/h5-9H,11H2,1-4H3;4-9,11-13H,1-3H3;/q2*-1;/i1D3,11D2;1D3,2D3,3D3;. The van der Waals surface area contributed by atoms with E-state index in [-0.39, 0.29) is 48.1 Å². The van der Waals surface area contributed by atoms with Gasteiger partial charge in [0, 0.05) is 62.8 Å². The van der Waals surface area contributed by atoms with Gasteiger partial charge in [-0.1, -0.05) is 92.3 Å². The predicted octanol–water partition coefficient (Wildman–Crippen LogP) is 13.3. The minimum absolute atomic E-state index is 0. The number of hydrogen-bond donors (Lipinski definition) is 0. The molecule has 0 unspecified atom stereocenters. The van der Waals surface area contributed by atoms with Crippen LogP contribution in [0.1, 0.15) is 79.0 Å². The van der Waals surface area contributed by atoms with Gasteiger partial charge in [-0.25, -0.2) is 13.8 Å². The largest absolute Gasteiger partial charge is 0.486 e. The van der Waals surface area contributed by atoms with Crippen LogP contribution in [-0.4, -0.2) is 26.8 Å². The first-order valence-electron chi connectivity index (χ1n) is 24.1. The van der Waals surface area contributed by atoms with Crippen LogP contribution in [0.2, 0.25) is 0 Å². The number of fused-ring (bicyclic) bond motifs is 5. The number of pyridine rings is 3. The first-order valence-corrected chi connectivity index (χ1v) is 17.1. The molecule has 1 aliphatic rings. The van der Waals surface area contributed by atoms with Crippen LogP contribution in [0.3, 0.4) is 0 Å². The fraction of sp³-hybridized carbons (Fsp3) is 0.283. The van der Waals surface area contributed by atoms with Crippen molar-refractivity contribution in [3.8, 4) is 33.6 Å². The molecule has 0 fully saturated rings. The van der Waals surface area contributed by atoms with Crippen LogP contribution in [0.4, 0.5) is 35.1 Å². The number of rotatable bonds is 4. The van der Waals surface area contributed by atoms with Crippen molar-refractivity contribution in [1.29, 1.82) is 0 Å². The first-order chi connectivity index (χ1) is 32.7. The summed E-state index contributed by atoms with van der Waals surface area (Å²) < 4.78 is 233. The van der Waals surface area contributed by atoms with Gasteiger partial charge < -0.3 is 14.4 Å². The molecular formula is C46H37F8IrN3O-2. The Labute approximate surface area is 369 Å². The Hall–Kier alpha value is -5.00. The van der Waals surface area contributed by atoms with Gasteiger partial charge in [0.2, 0.25) is 5.71 Å². The molecule has 7 aromatic rings. The van der Waals surface area contributed by atoms with Crippen molar-refractivity contribution in [3.63, 3.8) is 0 Å². The summed E-state index contributed by atoms with van der Waals surface area (Å²) in [6.07, 6.45) is -0.0254. The monoisotopic (exact) mass is 1010 g/mol. The Bertz CT molecular complexity index is 3240. The van der Waals surface area contributed by atoms with Crippen molar-refractivity contribution in [2.24, 2.45) is 5.41 Å². The zero-order valence-electron chi connectivity index (χ0n) is 44.7. The third-order valence-corrected chi connectivity index (χ3v) is 9.09. The third-order valence-electron chi connectivity index (χ3n) is 9.09. The van der Waals surface area contributed by atoms with E-state index in [4.69, 9.17) is 23.6 Å². The number of nitrogens with zero attached hydrogens (tertiary/aromatic N) is 3. The predicted molar refractivity (Wildman–Crippen MR) is 207 cm³/mol. The Morgan fingerprint density at radius 2 is 1.49 bits per heavy atom. The van der Waals surface area contributed by atoms with Gasteiger partial charge in [-0.05, 0) is 89.6 Å². The van der Waals surface area contributed by atoms with Crippen molar-refractivity contribution < 1.29 is 78.8 Å². The number of aromatic nitrogens is 3. The van der Waals surface area contributed by atoms with Gasteiger partial charge in [0.05, 0.1) is 5.58 Å². The van der Waals surface area contributed by atoms with E-state index in [0.717, 1.165) is 30.6 Å². The zero-order valence-corrected chi connectivity index (χ0v) is 33.1. The number of alkyl halides is 8. The maximum absolute atomic E-state index is 15.3. The van der Waals surface area contributed by atoms with Crippen molar-refractivity contribution in [2.45, 2.75) is 78.2 Å². The molecule has 0 atom stereocenters. The molecule has 1 aliphatic carbocycles. The Balaban J connectivity index is 0.000000248. The average molecular weight is 1010 g/mol. The molecular weight excluding hydrogens is 955 g/mol. The fourth-order valence-corrected chi connectivity index (χ4v) is 6.39. The second kappa shape index (κ2) is 15.2. The Morgan fingerprint density at radius 3 is 2.17 bits per heavy atom. The van der Waals surface area contributed by atoms with Crippen LogP contribution in [0, 0.1) is 45.0 Å². The van der Waals surface area contributed by atoms with Gasteiger partial charge in [0.25, 0.3) is 0 Å².